The van der Waals surface area contributed by atoms with Gasteiger partial charge in [0.15, 0.2) is 0 Å². The van der Waals surface area contributed by atoms with Crippen molar-refractivity contribution in [3.05, 3.63) is 57.0 Å². The zero-order valence-corrected chi connectivity index (χ0v) is 17.5. The number of nitrogens with one attached hydrogen (secondary N) is 1. The molecule has 2 aromatic rings. The van der Waals surface area contributed by atoms with Crippen molar-refractivity contribution in [2.24, 2.45) is 0 Å². The molecule has 1 amide bonds. The molecule has 0 unspecified atom stereocenters. The lowest BCUT2D eigenvalue weighted by Crippen LogP contribution is -2.33. The van der Waals surface area contributed by atoms with E-state index in [0.717, 1.165) is 17.5 Å². The molecule has 30 heavy (non-hydrogen) atoms. The average Bonchev–Trinajstić information content (AvgIpc) is 2.75. The van der Waals surface area contributed by atoms with Gasteiger partial charge in [-0.1, -0.05) is 27.2 Å². The lowest BCUT2D eigenvalue weighted by molar-refractivity contribution is -0.117. The molecular formula is C22H26N4O4. The molecule has 0 saturated carbocycles. The SMILES string of the molecule is CCCCOC(=O)c1ccc(NC(=O)Cn2nc(CC)c(CC)c(C#N)c2=O)cc1. The quantitative estimate of drug-likeness (QED) is 0.502. The molecule has 0 spiro atoms. The van der Waals surface area contributed by atoms with Crippen LogP contribution in [0.15, 0.2) is 29.1 Å². The van der Waals surface area contributed by atoms with Crippen molar-refractivity contribution in [3.63, 3.8) is 0 Å². The Bertz CT molecular complexity index is 1000. The molecule has 0 fully saturated rings. The number of anilines is 1. The lowest BCUT2D eigenvalue weighted by atomic mass is 10.0. The number of aromatic nitrogens is 2. The maximum atomic E-state index is 12.5. The van der Waals surface area contributed by atoms with Crippen molar-refractivity contribution in [2.75, 3.05) is 11.9 Å². The minimum atomic E-state index is -0.577. The summed E-state index contributed by atoms with van der Waals surface area (Å²) in [6.45, 7) is 5.81. The van der Waals surface area contributed by atoms with E-state index in [4.69, 9.17) is 4.74 Å². The molecule has 8 heteroatoms. The van der Waals surface area contributed by atoms with Gasteiger partial charge in [0, 0.05) is 5.69 Å². The summed E-state index contributed by atoms with van der Waals surface area (Å²) in [5, 5.41) is 16.3. The number of carbonyl (C=O) groups excluding carboxylic acids is 2. The van der Waals surface area contributed by atoms with Gasteiger partial charge in [0.05, 0.1) is 17.9 Å². The van der Waals surface area contributed by atoms with E-state index in [-0.39, 0.29) is 12.1 Å². The Balaban J connectivity index is 2.10. The normalized spacial score (nSPS) is 10.3. The first-order chi connectivity index (χ1) is 14.4. The van der Waals surface area contributed by atoms with Crippen LogP contribution in [0.4, 0.5) is 5.69 Å². The van der Waals surface area contributed by atoms with Gasteiger partial charge in [0.25, 0.3) is 5.56 Å². The van der Waals surface area contributed by atoms with Crippen molar-refractivity contribution in [3.8, 4) is 6.07 Å². The summed E-state index contributed by atoms with van der Waals surface area (Å²) in [5.74, 6) is -0.873. The number of nitriles is 1. The zero-order chi connectivity index (χ0) is 22.1. The number of aryl methyl sites for hydroxylation is 1. The molecule has 1 N–H and O–H groups in total. The number of hydrogen-bond donors (Lipinski definition) is 1. The van der Waals surface area contributed by atoms with Crippen LogP contribution >= 0.6 is 0 Å². The summed E-state index contributed by atoms with van der Waals surface area (Å²) in [4.78, 5) is 36.8. The van der Waals surface area contributed by atoms with Crippen LogP contribution in [0.5, 0.6) is 0 Å². The smallest absolute Gasteiger partial charge is 0.338 e. The Morgan fingerprint density at radius 1 is 1.17 bits per heavy atom. The minimum absolute atomic E-state index is 0.0306. The minimum Gasteiger partial charge on any atom is -0.462 e. The monoisotopic (exact) mass is 410 g/mol. The van der Waals surface area contributed by atoms with Gasteiger partial charge in [-0.25, -0.2) is 9.48 Å². The summed E-state index contributed by atoms with van der Waals surface area (Å²) >= 11 is 0. The van der Waals surface area contributed by atoms with Gasteiger partial charge < -0.3 is 10.1 Å². The number of benzene rings is 1. The Hall–Kier alpha value is -3.47. The van der Waals surface area contributed by atoms with Gasteiger partial charge in [-0.3, -0.25) is 9.59 Å². The molecule has 0 aliphatic carbocycles. The maximum absolute atomic E-state index is 12.5. The van der Waals surface area contributed by atoms with E-state index in [1.165, 1.54) is 0 Å². The van der Waals surface area contributed by atoms with Gasteiger partial charge >= 0.3 is 5.97 Å². The highest BCUT2D eigenvalue weighted by Gasteiger charge is 2.17. The first-order valence-electron chi connectivity index (χ1n) is 10.0. The molecule has 158 valence electrons. The Morgan fingerprint density at radius 2 is 1.87 bits per heavy atom. The second kappa shape index (κ2) is 10.9. The largest absolute Gasteiger partial charge is 0.462 e. The van der Waals surface area contributed by atoms with Crippen LogP contribution in [0.25, 0.3) is 0 Å². The van der Waals surface area contributed by atoms with Crippen molar-refractivity contribution in [1.82, 2.24) is 9.78 Å². The average molecular weight is 410 g/mol. The Labute approximate surface area is 175 Å². The zero-order valence-electron chi connectivity index (χ0n) is 17.5. The number of amides is 1. The summed E-state index contributed by atoms with van der Waals surface area (Å²) in [6.07, 6.45) is 2.82. The van der Waals surface area contributed by atoms with E-state index in [1.54, 1.807) is 24.3 Å². The Kier molecular flexibility index (Phi) is 8.29. The molecule has 0 aliphatic heterocycles. The summed E-state index contributed by atoms with van der Waals surface area (Å²) in [7, 11) is 0. The highest BCUT2D eigenvalue weighted by molar-refractivity contribution is 5.93. The molecular weight excluding hydrogens is 384 g/mol. The van der Waals surface area contributed by atoms with Crippen LogP contribution in [-0.2, 0) is 28.9 Å². The van der Waals surface area contributed by atoms with Crippen LogP contribution in [0.3, 0.4) is 0 Å². The number of unbranched alkanes of at least 4 members (excludes halogenated alkanes) is 1. The number of rotatable bonds is 9. The van der Waals surface area contributed by atoms with Crippen molar-refractivity contribution in [2.45, 2.75) is 53.0 Å². The summed E-state index contributed by atoms with van der Waals surface area (Å²) in [5.41, 5.74) is 1.58. The second-order valence-electron chi connectivity index (χ2n) is 6.70. The van der Waals surface area contributed by atoms with Crippen LogP contribution in [0.1, 0.15) is 60.8 Å². The van der Waals surface area contributed by atoms with E-state index < -0.39 is 17.4 Å². The number of hydrogen-bond acceptors (Lipinski definition) is 6. The molecule has 1 aromatic carbocycles. The molecule has 8 nitrogen and oxygen atoms in total. The number of esters is 1. The van der Waals surface area contributed by atoms with Crippen LogP contribution in [0, 0.1) is 11.3 Å². The van der Waals surface area contributed by atoms with Gasteiger partial charge in [-0.15, -0.1) is 0 Å². The molecule has 1 aromatic heterocycles. The summed E-state index contributed by atoms with van der Waals surface area (Å²) in [6, 6.07) is 8.24. The highest BCUT2D eigenvalue weighted by Crippen LogP contribution is 2.12. The second-order valence-corrected chi connectivity index (χ2v) is 6.70. The molecule has 0 bridgehead atoms. The lowest BCUT2D eigenvalue weighted by Gasteiger charge is -2.12. The fraction of sp³-hybridized carbons (Fsp3) is 0.409. The molecule has 0 radical (unpaired) electrons. The van der Waals surface area contributed by atoms with E-state index in [2.05, 4.69) is 10.4 Å². The first-order valence-corrected chi connectivity index (χ1v) is 10.0. The van der Waals surface area contributed by atoms with Crippen molar-refractivity contribution >= 4 is 17.6 Å². The first kappa shape index (κ1) is 22.8. The molecule has 0 atom stereocenters. The van der Waals surface area contributed by atoms with Crippen molar-refractivity contribution < 1.29 is 14.3 Å². The van der Waals surface area contributed by atoms with E-state index in [9.17, 15) is 19.6 Å². The third-order valence-corrected chi connectivity index (χ3v) is 4.57. The summed E-state index contributed by atoms with van der Waals surface area (Å²) < 4.78 is 6.16. The molecule has 2 rings (SSSR count). The maximum Gasteiger partial charge on any atom is 0.338 e. The Morgan fingerprint density at radius 3 is 2.43 bits per heavy atom. The highest BCUT2D eigenvalue weighted by atomic mass is 16.5. The third-order valence-electron chi connectivity index (χ3n) is 4.57. The molecule has 0 saturated heterocycles. The van der Waals surface area contributed by atoms with Crippen LogP contribution in [-0.4, -0.2) is 28.3 Å². The van der Waals surface area contributed by atoms with Gasteiger partial charge in [-0.2, -0.15) is 10.4 Å². The predicted molar refractivity (Wildman–Crippen MR) is 112 cm³/mol. The van der Waals surface area contributed by atoms with Crippen LogP contribution < -0.4 is 10.9 Å². The molecule has 1 heterocycles. The standard InChI is InChI=1S/C22H26N4O4/c1-4-7-12-30-22(29)15-8-10-16(11-9-15)24-20(27)14-26-21(28)18(13-23)17(5-2)19(6-3)25-26/h8-11H,4-7,12,14H2,1-3H3,(H,24,27). The van der Waals surface area contributed by atoms with Crippen LogP contribution in [0.2, 0.25) is 0 Å². The van der Waals surface area contributed by atoms with E-state index >= 15 is 0 Å². The van der Waals surface area contributed by atoms with E-state index in [1.807, 2.05) is 26.8 Å². The fourth-order valence-electron chi connectivity index (χ4n) is 2.96. The van der Waals surface area contributed by atoms with Gasteiger partial charge in [0.2, 0.25) is 5.91 Å². The van der Waals surface area contributed by atoms with Crippen molar-refractivity contribution in [1.29, 1.82) is 5.26 Å². The predicted octanol–water partition coefficient (Wildman–Crippen LogP) is 2.84. The van der Waals surface area contributed by atoms with Gasteiger partial charge in [-0.05, 0) is 49.1 Å². The number of ether oxygens (including phenoxy) is 1. The van der Waals surface area contributed by atoms with E-state index in [0.29, 0.717) is 42.0 Å². The third kappa shape index (κ3) is 5.54. The molecule has 0 aliphatic rings. The number of carbonyl (C=O) groups is 2. The van der Waals surface area contributed by atoms with Gasteiger partial charge in [0.1, 0.15) is 18.2 Å². The number of nitrogens with zero attached hydrogens (tertiary/aromatic N) is 3. The fourth-order valence-corrected chi connectivity index (χ4v) is 2.96. The topological polar surface area (TPSA) is 114 Å².